The molecule has 9 aromatic rings. The predicted octanol–water partition coefficient (Wildman–Crippen LogP) is 12.2. The Bertz CT molecular complexity index is 2640. The minimum atomic E-state index is 0.689. The molecule has 50 heavy (non-hydrogen) atoms. The van der Waals surface area contributed by atoms with Gasteiger partial charge in [-0.2, -0.15) is 0 Å². The molecular formula is C47H31N3. The molecular weight excluding hydrogens is 607 g/mol. The molecule has 0 aliphatic rings. The maximum Gasteiger partial charge on any atom is 0.160 e. The molecule has 3 nitrogen and oxygen atoms in total. The first-order valence-electron chi connectivity index (χ1n) is 16.8. The van der Waals surface area contributed by atoms with Gasteiger partial charge in [-0.3, -0.25) is 4.98 Å². The molecule has 2 heterocycles. The van der Waals surface area contributed by atoms with Crippen LogP contribution in [0.4, 0.5) is 0 Å². The zero-order valence-electron chi connectivity index (χ0n) is 27.2. The summed E-state index contributed by atoms with van der Waals surface area (Å²) >= 11 is 0. The molecule has 0 saturated carbocycles. The third-order valence-corrected chi connectivity index (χ3v) is 9.36. The van der Waals surface area contributed by atoms with Gasteiger partial charge in [-0.1, -0.05) is 152 Å². The fraction of sp³-hybridized carbons (Fsp3) is 0. The van der Waals surface area contributed by atoms with Crippen molar-refractivity contribution >= 4 is 21.5 Å². The Morgan fingerprint density at radius 1 is 0.300 bits per heavy atom. The Labute approximate surface area is 291 Å². The van der Waals surface area contributed by atoms with Gasteiger partial charge in [-0.15, -0.1) is 0 Å². The van der Waals surface area contributed by atoms with Crippen LogP contribution in [0.3, 0.4) is 0 Å². The summed E-state index contributed by atoms with van der Waals surface area (Å²) in [7, 11) is 0. The van der Waals surface area contributed by atoms with Gasteiger partial charge in [0, 0.05) is 40.0 Å². The molecule has 0 fully saturated rings. The van der Waals surface area contributed by atoms with Crippen molar-refractivity contribution in [2.24, 2.45) is 0 Å². The quantitative estimate of drug-likeness (QED) is 0.182. The second kappa shape index (κ2) is 12.7. The third kappa shape index (κ3) is 5.72. The number of benzene rings is 7. The largest absolute Gasteiger partial charge is 0.263 e. The average Bonchev–Trinajstić information content (AvgIpc) is 3.21. The van der Waals surface area contributed by atoms with Gasteiger partial charge in [0.05, 0.1) is 11.4 Å². The summed E-state index contributed by atoms with van der Waals surface area (Å²) in [5.41, 5.74) is 11.6. The van der Waals surface area contributed by atoms with Crippen LogP contribution in [0, 0.1) is 0 Å². The van der Waals surface area contributed by atoms with Crippen LogP contribution in [0.25, 0.3) is 88.8 Å². The molecule has 0 amide bonds. The summed E-state index contributed by atoms with van der Waals surface area (Å²) in [6.07, 6.45) is 3.86. The van der Waals surface area contributed by atoms with Gasteiger partial charge in [-0.05, 0) is 68.2 Å². The monoisotopic (exact) mass is 637 g/mol. The molecule has 0 saturated heterocycles. The Balaban J connectivity index is 1.16. The van der Waals surface area contributed by atoms with Crippen LogP contribution >= 0.6 is 0 Å². The second-order valence-corrected chi connectivity index (χ2v) is 12.5. The standard InChI is InChI=1S/C47H31N3/c1-2-10-32(11-3-1)37-15-9-18-41(28-37)47-49-45(35-23-21-34(22-24-35)44-31-48-30-42-14-6-7-19-43(42)44)29-46(50-47)40-17-8-16-38(27-40)39-25-20-33-12-4-5-13-36(33)26-39/h1-31H. The number of rotatable bonds is 6. The number of hydrogen-bond donors (Lipinski definition) is 0. The summed E-state index contributed by atoms with van der Waals surface area (Å²) < 4.78 is 0. The zero-order chi connectivity index (χ0) is 33.3. The fourth-order valence-electron chi connectivity index (χ4n) is 6.73. The lowest BCUT2D eigenvalue weighted by Gasteiger charge is -2.12. The van der Waals surface area contributed by atoms with E-state index in [2.05, 4.69) is 169 Å². The van der Waals surface area contributed by atoms with Crippen molar-refractivity contribution in [3.8, 4) is 67.3 Å². The molecule has 7 aromatic carbocycles. The maximum atomic E-state index is 5.20. The normalized spacial score (nSPS) is 11.2. The van der Waals surface area contributed by atoms with Crippen molar-refractivity contribution in [2.75, 3.05) is 0 Å². The Morgan fingerprint density at radius 3 is 1.68 bits per heavy atom. The van der Waals surface area contributed by atoms with Crippen molar-refractivity contribution in [1.29, 1.82) is 0 Å². The molecule has 0 spiro atoms. The average molecular weight is 638 g/mol. The van der Waals surface area contributed by atoms with Crippen LogP contribution < -0.4 is 0 Å². The second-order valence-electron chi connectivity index (χ2n) is 12.5. The van der Waals surface area contributed by atoms with Gasteiger partial charge < -0.3 is 0 Å². The summed E-state index contributed by atoms with van der Waals surface area (Å²) in [6, 6.07) is 61.8. The van der Waals surface area contributed by atoms with Gasteiger partial charge in [0.2, 0.25) is 0 Å². The minimum Gasteiger partial charge on any atom is -0.263 e. The van der Waals surface area contributed by atoms with Crippen molar-refractivity contribution < 1.29 is 0 Å². The highest BCUT2D eigenvalue weighted by Gasteiger charge is 2.14. The van der Waals surface area contributed by atoms with E-state index in [0.29, 0.717) is 5.82 Å². The SMILES string of the molecule is c1ccc(-c2cccc(-c3nc(-c4ccc(-c5cncc6ccccc56)cc4)cc(-c4cccc(-c5ccc6ccccc6c5)c4)n3)c2)cc1. The molecule has 0 aliphatic heterocycles. The number of nitrogens with zero attached hydrogens (tertiary/aromatic N) is 3. The van der Waals surface area contributed by atoms with E-state index in [9.17, 15) is 0 Å². The molecule has 234 valence electrons. The highest BCUT2D eigenvalue weighted by Crippen LogP contribution is 2.34. The van der Waals surface area contributed by atoms with E-state index in [4.69, 9.17) is 9.97 Å². The van der Waals surface area contributed by atoms with Gasteiger partial charge in [0.25, 0.3) is 0 Å². The van der Waals surface area contributed by atoms with Crippen LogP contribution in [0.15, 0.2) is 188 Å². The van der Waals surface area contributed by atoms with Crippen LogP contribution in [0.1, 0.15) is 0 Å². The summed E-state index contributed by atoms with van der Waals surface area (Å²) in [5.74, 6) is 0.689. The van der Waals surface area contributed by atoms with Crippen LogP contribution in [0.2, 0.25) is 0 Å². The number of aromatic nitrogens is 3. The summed E-state index contributed by atoms with van der Waals surface area (Å²) in [4.78, 5) is 14.9. The van der Waals surface area contributed by atoms with Crippen molar-refractivity contribution in [2.45, 2.75) is 0 Å². The van der Waals surface area contributed by atoms with Crippen molar-refractivity contribution in [3.05, 3.63) is 188 Å². The van der Waals surface area contributed by atoms with E-state index < -0.39 is 0 Å². The highest BCUT2D eigenvalue weighted by molar-refractivity contribution is 5.96. The van der Waals surface area contributed by atoms with Gasteiger partial charge in [-0.25, -0.2) is 9.97 Å². The van der Waals surface area contributed by atoms with E-state index in [1.807, 2.05) is 24.5 Å². The molecule has 2 aromatic heterocycles. The van der Waals surface area contributed by atoms with E-state index in [-0.39, 0.29) is 0 Å². The smallest absolute Gasteiger partial charge is 0.160 e. The lowest BCUT2D eigenvalue weighted by atomic mass is 9.97. The minimum absolute atomic E-state index is 0.689. The maximum absolute atomic E-state index is 5.20. The van der Waals surface area contributed by atoms with Gasteiger partial charge in [0.1, 0.15) is 0 Å². The molecule has 0 atom stereocenters. The molecule has 0 aliphatic carbocycles. The van der Waals surface area contributed by atoms with Gasteiger partial charge in [0.15, 0.2) is 5.82 Å². The molecule has 3 heteroatoms. The molecule has 0 N–H and O–H groups in total. The topological polar surface area (TPSA) is 38.7 Å². The number of fused-ring (bicyclic) bond motifs is 2. The Hall–Kier alpha value is -6.71. The van der Waals surface area contributed by atoms with E-state index in [0.717, 1.165) is 61.3 Å². The molecule has 0 unspecified atom stereocenters. The van der Waals surface area contributed by atoms with Crippen LogP contribution in [-0.4, -0.2) is 15.0 Å². The molecule has 0 radical (unpaired) electrons. The van der Waals surface area contributed by atoms with Crippen molar-refractivity contribution in [1.82, 2.24) is 15.0 Å². The molecule has 9 rings (SSSR count). The zero-order valence-corrected chi connectivity index (χ0v) is 27.2. The first-order valence-corrected chi connectivity index (χ1v) is 16.8. The van der Waals surface area contributed by atoms with E-state index in [1.54, 1.807) is 0 Å². The highest BCUT2D eigenvalue weighted by atomic mass is 14.9. The number of hydrogen-bond acceptors (Lipinski definition) is 3. The first kappa shape index (κ1) is 29.4. The Kier molecular flexibility index (Phi) is 7.49. The predicted molar refractivity (Wildman–Crippen MR) is 207 cm³/mol. The summed E-state index contributed by atoms with van der Waals surface area (Å²) in [5, 5.41) is 4.77. The Morgan fingerprint density at radius 2 is 0.860 bits per heavy atom. The third-order valence-electron chi connectivity index (χ3n) is 9.36. The van der Waals surface area contributed by atoms with Crippen LogP contribution in [0.5, 0.6) is 0 Å². The molecule has 0 bridgehead atoms. The summed E-state index contributed by atoms with van der Waals surface area (Å²) in [6.45, 7) is 0. The van der Waals surface area contributed by atoms with Crippen molar-refractivity contribution in [3.63, 3.8) is 0 Å². The first-order chi connectivity index (χ1) is 24.7. The lowest BCUT2D eigenvalue weighted by Crippen LogP contribution is -1.96. The van der Waals surface area contributed by atoms with E-state index >= 15 is 0 Å². The lowest BCUT2D eigenvalue weighted by molar-refractivity contribution is 1.18. The number of pyridine rings is 1. The van der Waals surface area contributed by atoms with Gasteiger partial charge >= 0.3 is 0 Å². The van der Waals surface area contributed by atoms with Crippen LogP contribution in [-0.2, 0) is 0 Å². The van der Waals surface area contributed by atoms with E-state index in [1.165, 1.54) is 21.7 Å². The fourth-order valence-corrected chi connectivity index (χ4v) is 6.73.